The van der Waals surface area contributed by atoms with Crippen molar-refractivity contribution in [2.45, 2.75) is 122 Å². The highest BCUT2D eigenvalue weighted by Gasteiger charge is 2.46. The molecule has 4 aliphatic heterocycles. The van der Waals surface area contributed by atoms with Crippen molar-refractivity contribution in [3.63, 3.8) is 0 Å². The maximum Gasteiger partial charge on any atom is 0.373 e. The van der Waals surface area contributed by atoms with Crippen LogP contribution in [0.2, 0.25) is 0 Å². The number of hydrogen-bond donors (Lipinski definition) is 11. The summed E-state index contributed by atoms with van der Waals surface area (Å²) < 4.78 is 145. The van der Waals surface area contributed by atoms with Crippen LogP contribution < -0.4 is 10.6 Å². The van der Waals surface area contributed by atoms with E-state index in [1.54, 1.807) is 13.8 Å². The van der Waals surface area contributed by atoms with Crippen molar-refractivity contribution >= 4 is 51.5 Å². The van der Waals surface area contributed by atoms with Crippen molar-refractivity contribution in [2.24, 2.45) is 0 Å². The molecule has 0 unspecified atom stereocenters. The Morgan fingerprint density at radius 2 is 0.926 bits per heavy atom. The van der Waals surface area contributed by atoms with Crippen molar-refractivity contribution in [2.75, 3.05) is 103 Å². The number of benzene rings is 4. The molecule has 4 aromatic carbocycles. The fourth-order valence-corrected chi connectivity index (χ4v) is 11.4. The number of carbonyl (C=O) groups excluding carboxylic acids is 4. The Morgan fingerprint density at radius 1 is 0.606 bits per heavy atom. The van der Waals surface area contributed by atoms with Gasteiger partial charge in [0.05, 0.1) is 69.9 Å². The molecule has 2 aromatic heterocycles. The maximum atomic E-state index is 15.7. The number of carbonyl (C=O) groups is 1. The Hall–Kier alpha value is -7.31. The third kappa shape index (κ3) is 21.3. The van der Waals surface area contributed by atoms with Crippen LogP contribution in [0.5, 0.6) is 0 Å². The van der Waals surface area contributed by atoms with Crippen LogP contribution in [0.3, 0.4) is 0 Å². The van der Waals surface area contributed by atoms with Crippen LogP contribution in [0.4, 0.5) is 55.3 Å². The number of nitrogens with zero attached hydrogens (tertiary/aromatic N) is 4. The number of anilines is 2. The first kappa shape index (κ1) is 80.9. The van der Waals surface area contributed by atoms with Gasteiger partial charge in [-0.1, -0.05) is 51.3 Å². The molecule has 0 radical (unpaired) electrons. The molecule has 11 N–H and O–H groups in total. The number of alkyl halides is 6. The highest BCUT2D eigenvalue weighted by molar-refractivity contribution is 5.86. The normalized spacial score (nSPS) is 18.7. The van der Waals surface area contributed by atoms with E-state index < -0.39 is 110 Å². The first-order chi connectivity index (χ1) is 43.7. The molecule has 30 heteroatoms. The Balaban J connectivity index is 0.000000383. The molecule has 10 rings (SSSR count). The number of likely N-dealkylation sites (tertiary alicyclic amines) is 2. The summed E-state index contributed by atoms with van der Waals surface area (Å²) in [7, 11) is 0. The number of aromatic nitrogens is 2. The number of nitrogens with one attached hydrogen (secondary N) is 4. The second-order valence-corrected chi connectivity index (χ2v) is 22.6. The molecule has 20 nitrogen and oxygen atoms in total. The Labute approximate surface area is 537 Å². The minimum Gasteiger partial charge on any atom is -0.479 e. The van der Waals surface area contributed by atoms with Gasteiger partial charge in [0, 0.05) is 107 Å². The Kier molecular flexibility index (Phi) is 32.5. The van der Waals surface area contributed by atoms with Gasteiger partial charge in [0.25, 0.3) is 11.8 Å². The lowest BCUT2D eigenvalue weighted by Crippen LogP contribution is -2.54. The second kappa shape index (κ2) is 37.7. The number of para-hydroxylation sites is 2. The zero-order valence-electron chi connectivity index (χ0n) is 50.5. The first-order valence-corrected chi connectivity index (χ1v) is 29.2. The van der Waals surface area contributed by atoms with Crippen LogP contribution in [0.25, 0.3) is 21.8 Å². The van der Waals surface area contributed by atoms with E-state index in [4.69, 9.17) is 44.7 Å². The predicted molar refractivity (Wildman–Crippen MR) is 329 cm³/mol. The average molecular weight is 1350 g/mol. The lowest BCUT2D eigenvalue weighted by molar-refractivity contribution is -0.193. The van der Waals surface area contributed by atoms with Crippen LogP contribution in [-0.4, -0.2) is 224 Å². The van der Waals surface area contributed by atoms with E-state index >= 15 is 17.6 Å². The summed E-state index contributed by atoms with van der Waals surface area (Å²) in [5.41, 5.74) is 4.10. The van der Waals surface area contributed by atoms with E-state index in [0.29, 0.717) is 76.3 Å². The summed E-state index contributed by atoms with van der Waals surface area (Å²) in [6.45, 7) is 2.84. The fraction of sp³-hybridized carbons (Fsp3) is 0.516. The number of rotatable bonds is 21. The van der Waals surface area contributed by atoms with Crippen molar-refractivity contribution in [3.05, 3.63) is 130 Å². The molecule has 0 spiro atoms. The van der Waals surface area contributed by atoms with Gasteiger partial charge >= 0.3 is 18.3 Å². The molecule has 2 fully saturated rings. The molecule has 0 bridgehead atoms. The van der Waals surface area contributed by atoms with Gasteiger partial charge in [-0.2, -0.15) is 19.2 Å². The number of halogens is 10. The number of H-pyrrole nitrogens is 2. The van der Waals surface area contributed by atoms with Crippen LogP contribution in [-0.2, 0) is 36.8 Å². The summed E-state index contributed by atoms with van der Waals surface area (Å²) >= 11 is 0. The number of carboxylic acid groups (broad SMARTS) is 1. The van der Waals surface area contributed by atoms with Gasteiger partial charge < -0.3 is 56.3 Å². The summed E-state index contributed by atoms with van der Waals surface area (Å²) in [6.07, 6.45) is 0.0507. The fourth-order valence-electron chi connectivity index (χ4n) is 11.4. The summed E-state index contributed by atoms with van der Waals surface area (Å²) in [4.78, 5) is 55.3. The summed E-state index contributed by atoms with van der Waals surface area (Å²) in [5.74, 6) is -11.6. The minimum atomic E-state index is -3.44. The number of carboxylic acids is 1. The van der Waals surface area contributed by atoms with Crippen molar-refractivity contribution in [3.8, 4) is 0 Å². The van der Waals surface area contributed by atoms with E-state index in [1.807, 2.05) is 48.5 Å². The van der Waals surface area contributed by atoms with Gasteiger partial charge in [0.15, 0.2) is 6.10 Å². The lowest BCUT2D eigenvalue weighted by atomic mass is 9.87. The summed E-state index contributed by atoms with van der Waals surface area (Å²) in [6, 6.07) is 16.5. The van der Waals surface area contributed by atoms with Gasteiger partial charge in [-0.15, -0.1) is 0 Å². The number of aliphatic hydroxyl groups excluding tert-OH is 6. The van der Waals surface area contributed by atoms with Crippen LogP contribution >= 0.6 is 0 Å². The molecule has 0 saturated carbocycles. The molecule has 6 heterocycles. The third-order valence-corrected chi connectivity index (χ3v) is 15.6. The van der Waals surface area contributed by atoms with Crippen LogP contribution in [0, 0.1) is 23.3 Å². The molecule has 94 heavy (non-hydrogen) atoms. The molecular weight excluding hydrogens is 1260 g/mol. The molecule has 6 aromatic rings. The van der Waals surface area contributed by atoms with E-state index in [1.165, 1.54) is 41.0 Å². The highest BCUT2D eigenvalue weighted by atomic mass is 19.3. The molecule has 4 aliphatic rings. The quantitative estimate of drug-likeness (QED) is 0.0309. The van der Waals surface area contributed by atoms with Gasteiger partial charge in [0.1, 0.15) is 36.5 Å². The van der Waals surface area contributed by atoms with Crippen LogP contribution in [0.1, 0.15) is 94.2 Å². The summed E-state index contributed by atoms with van der Waals surface area (Å²) in [5, 5.41) is 66.2. The monoisotopic (exact) mass is 1350 g/mol. The number of aromatic amines is 2. The molecular formula is C64H84F10N8O12. The SMILES string of the molecule is C.C.C[C@@H]1Cc2c([nH]c3ccccc23)[C@@H](c2c(F)cc(NC3CN(CCCF)C3)cc2F)N1CC(F)(F)CO.C[C@@H]1Cc2c([nH]c3ccccc23)[C@@H](c2c(F)cc(NC3CN(CCCF)C3)cc2F)N1CC(F)(F)CO.C[C@H](O)CO.O=C(O)[C@H](O)CO.O=C=O.O=C=O. The molecule has 0 amide bonds. The van der Waals surface area contributed by atoms with E-state index in [0.717, 1.165) is 32.9 Å². The zero-order valence-corrected chi connectivity index (χ0v) is 50.5. The maximum absolute atomic E-state index is 15.7. The van der Waals surface area contributed by atoms with Gasteiger partial charge in [0.2, 0.25) is 0 Å². The molecule has 522 valence electrons. The number of aliphatic carboxylic acids is 1. The first-order valence-electron chi connectivity index (χ1n) is 29.2. The zero-order chi connectivity index (χ0) is 68.2. The van der Waals surface area contributed by atoms with E-state index in [-0.39, 0.29) is 81.7 Å². The average Bonchev–Trinajstić information content (AvgIpc) is 1.51. The Morgan fingerprint density at radius 3 is 1.19 bits per heavy atom. The van der Waals surface area contributed by atoms with Gasteiger partial charge in [-0.05, 0) is 94.0 Å². The van der Waals surface area contributed by atoms with Crippen LogP contribution in [0.15, 0.2) is 72.8 Å². The smallest absolute Gasteiger partial charge is 0.373 e. The lowest BCUT2D eigenvalue weighted by Gasteiger charge is -2.42. The topological polar surface area (TPSA) is 296 Å². The number of hydrogen-bond acceptors (Lipinski definition) is 17. The van der Waals surface area contributed by atoms with Gasteiger partial charge in [-0.25, -0.2) is 39.9 Å². The van der Waals surface area contributed by atoms with Crippen molar-refractivity contribution in [1.29, 1.82) is 0 Å². The van der Waals surface area contributed by atoms with Gasteiger partial charge in [-0.3, -0.25) is 28.4 Å². The van der Waals surface area contributed by atoms with E-state index in [2.05, 4.69) is 30.4 Å². The number of aliphatic hydroxyl groups is 6. The molecule has 2 saturated heterocycles. The molecule has 0 aliphatic carbocycles. The molecule has 6 atom stereocenters. The minimum absolute atomic E-state index is 0. The highest BCUT2D eigenvalue weighted by Crippen LogP contribution is 2.46. The second-order valence-electron chi connectivity index (χ2n) is 22.6. The Bertz CT molecular complexity index is 3140. The van der Waals surface area contributed by atoms with Crippen molar-refractivity contribution in [1.82, 2.24) is 29.6 Å². The number of fused-ring (bicyclic) bond motifs is 6. The van der Waals surface area contributed by atoms with E-state index in [9.17, 15) is 41.4 Å². The standard InChI is InChI=1S/2C27H31F5N4O.C3H6O4.C3H8O2.2CO2.2CH4/c2*1-16-9-20-19-5-2-3-6-23(19)34-25(20)26(36(16)14-27(31,32)15-37)24-21(29)10-17(11-22(24)30)33-18-12-35(13-18)8-4-7-28;4-1-2(5)3(6)7;1-3(5)2-4;2*2-1-3;;/h2*2-3,5-6,10-11,16,18,26,33-34,37H,4,7-9,12-15H2,1H3;2,4-5H,1H2,(H,6,7);3-5H,2H2,1H3;;;2*1H4/t2*16-,26-;2-;3-;;;;/m1110..../s1. The predicted octanol–water partition coefficient (Wildman–Crippen LogP) is 7.62. The largest absolute Gasteiger partial charge is 0.479 e. The van der Waals surface area contributed by atoms with Crippen molar-refractivity contribution < 1.29 is 104 Å². The third-order valence-electron chi connectivity index (χ3n) is 15.6.